The van der Waals surface area contributed by atoms with Crippen LogP contribution in [0, 0.1) is 0 Å². The first-order chi connectivity index (χ1) is 23.8. The van der Waals surface area contributed by atoms with E-state index >= 15 is 0 Å². The molecule has 10 rings (SSSR count). The van der Waals surface area contributed by atoms with Crippen LogP contribution in [0.5, 0.6) is 0 Å². The standard InChI is InChI=1S/C48H30/c1-4-16-37-31(12-1)24-27-33-14-11-23-44(46(33)37)48-42-21-9-7-19-40(42)47(41-20-8-10-22-43(41)48)34-28-25-32(26-29-34)45-30-35-13-2-3-15-36(35)38-17-5-6-18-39(38)45/h1-30H. The topological polar surface area (TPSA) is 0 Å². The summed E-state index contributed by atoms with van der Waals surface area (Å²) < 4.78 is 0. The van der Waals surface area contributed by atoms with E-state index in [1.54, 1.807) is 0 Å². The van der Waals surface area contributed by atoms with E-state index in [2.05, 4.69) is 182 Å². The molecule has 0 aromatic heterocycles. The summed E-state index contributed by atoms with van der Waals surface area (Å²) in [5.74, 6) is 0. The lowest BCUT2D eigenvalue weighted by atomic mass is 9.83. The quantitative estimate of drug-likeness (QED) is 0.139. The van der Waals surface area contributed by atoms with Crippen LogP contribution >= 0.6 is 0 Å². The van der Waals surface area contributed by atoms with Gasteiger partial charge in [-0.25, -0.2) is 0 Å². The highest BCUT2D eigenvalue weighted by Crippen LogP contribution is 2.46. The Morgan fingerprint density at radius 2 is 0.708 bits per heavy atom. The average Bonchev–Trinajstić information content (AvgIpc) is 3.16. The maximum absolute atomic E-state index is 2.35. The summed E-state index contributed by atoms with van der Waals surface area (Å²) in [6.07, 6.45) is 0. The van der Waals surface area contributed by atoms with Gasteiger partial charge in [-0.05, 0) is 104 Å². The molecule has 0 saturated heterocycles. The van der Waals surface area contributed by atoms with Crippen LogP contribution in [-0.4, -0.2) is 0 Å². The highest BCUT2D eigenvalue weighted by Gasteiger charge is 2.19. The molecule has 0 bridgehead atoms. The second-order valence-corrected chi connectivity index (χ2v) is 12.8. The van der Waals surface area contributed by atoms with Crippen LogP contribution in [-0.2, 0) is 0 Å². The van der Waals surface area contributed by atoms with Gasteiger partial charge in [0, 0.05) is 0 Å². The van der Waals surface area contributed by atoms with Crippen LogP contribution in [0.15, 0.2) is 182 Å². The van der Waals surface area contributed by atoms with Gasteiger partial charge in [0.2, 0.25) is 0 Å². The van der Waals surface area contributed by atoms with E-state index in [-0.39, 0.29) is 0 Å². The first kappa shape index (κ1) is 26.9. The monoisotopic (exact) mass is 606 g/mol. The van der Waals surface area contributed by atoms with E-state index in [9.17, 15) is 0 Å². The fraction of sp³-hybridized carbons (Fsp3) is 0. The third-order valence-corrected chi connectivity index (χ3v) is 10.2. The molecule has 0 aliphatic carbocycles. The number of benzene rings is 10. The molecule has 0 N–H and O–H groups in total. The SMILES string of the molecule is c1ccc2c(c1)cc(-c1ccc(-c3c4ccccc4c(-c4cccc5ccc6ccccc6c45)c4ccccc34)cc1)c1ccccc12. The van der Waals surface area contributed by atoms with Crippen molar-refractivity contribution in [3.05, 3.63) is 182 Å². The first-order valence-electron chi connectivity index (χ1n) is 16.7. The Kier molecular flexibility index (Phi) is 5.98. The molecule has 0 radical (unpaired) electrons. The van der Waals surface area contributed by atoms with Gasteiger partial charge >= 0.3 is 0 Å². The van der Waals surface area contributed by atoms with Crippen molar-refractivity contribution in [3.8, 4) is 33.4 Å². The fourth-order valence-corrected chi connectivity index (χ4v) is 8.11. The summed E-state index contributed by atoms with van der Waals surface area (Å²) in [4.78, 5) is 0. The lowest BCUT2D eigenvalue weighted by Crippen LogP contribution is -1.92. The Morgan fingerprint density at radius 1 is 0.229 bits per heavy atom. The zero-order chi connectivity index (χ0) is 31.6. The molecule has 0 fully saturated rings. The molecule has 0 heteroatoms. The van der Waals surface area contributed by atoms with Gasteiger partial charge in [0.05, 0.1) is 0 Å². The van der Waals surface area contributed by atoms with E-state index < -0.39 is 0 Å². The van der Waals surface area contributed by atoms with Crippen molar-refractivity contribution in [2.45, 2.75) is 0 Å². The second-order valence-electron chi connectivity index (χ2n) is 12.8. The molecule has 0 aliphatic rings. The molecule has 0 aliphatic heterocycles. The minimum absolute atomic E-state index is 1.23. The van der Waals surface area contributed by atoms with E-state index in [1.165, 1.54) is 98.0 Å². The third-order valence-electron chi connectivity index (χ3n) is 10.2. The van der Waals surface area contributed by atoms with Crippen LogP contribution in [0.1, 0.15) is 0 Å². The lowest BCUT2D eigenvalue weighted by Gasteiger charge is -2.19. The van der Waals surface area contributed by atoms with Gasteiger partial charge in [0.1, 0.15) is 0 Å². The van der Waals surface area contributed by atoms with Crippen molar-refractivity contribution in [1.29, 1.82) is 0 Å². The molecular weight excluding hydrogens is 577 g/mol. The van der Waals surface area contributed by atoms with Gasteiger partial charge < -0.3 is 0 Å². The van der Waals surface area contributed by atoms with Crippen molar-refractivity contribution in [3.63, 3.8) is 0 Å². The van der Waals surface area contributed by atoms with Gasteiger partial charge in [0.15, 0.2) is 0 Å². The normalized spacial score (nSPS) is 11.8. The largest absolute Gasteiger partial charge is 0.0616 e. The van der Waals surface area contributed by atoms with E-state index in [0.717, 1.165) is 0 Å². The molecule has 0 heterocycles. The Morgan fingerprint density at radius 3 is 1.40 bits per heavy atom. The third kappa shape index (κ3) is 4.03. The van der Waals surface area contributed by atoms with Crippen molar-refractivity contribution >= 4 is 64.6 Å². The summed E-state index contributed by atoms with van der Waals surface area (Å²) >= 11 is 0. The molecule has 10 aromatic carbocycles. The molecular formula is C48H30. The zero-order valence-corrected chi connectivity index (χ0v) is 26.3. The molecule has 222 valence electrons. The zero-order valence-electron chi connectivity index (χ0n) is 26.3. The molecule has 0 saturated carbocycles. The van der Waals surface area contributed by atoms with Crippen molar-refractivity contribution in [2.75, 3.05) is 0 Å². The van der Waals surface area contributed by atoms with Crippen molar-refractivity contribution < 1.29 is 0 Å². The molecule has 48 heavy (non-hydrogen) atoms. The van der Waals surface area contributed by atoms with Gasteiger partial charge in [0.25, 0.3) is 0 Å². The Labute approximate surface area is 279 Å². The maximum Gasteiger partial charge on any atom is -0.00199 e. The fourth-order valence-electron chi connectivity index (χ4n) is 8.11. The lowest BCUT2D eigenvalue weighted by molar-refractivity contribution is 1.64. The van der Waals surface area contributed by atoms with E-state index in [1.807, 2.05) is 0 Å². The smallest absolute Gasteiger partial charge is 0.00199 e. The van der Waals surface area contributed by atoms with Crippen LogP contribution in [0.3, 0.4) is 0 Å². The summed E-state index contributed by atoms with van der Waals surface area (Å²) in [7, 11) is 0. The Hall–Kier alpha value is -6.24. The van der Waals surface area contributed by atoms with E-state index in [4.69, 9.17) is 0 Å². The Balaban J connectivity index is 1.22. The predicted octanol–water partition coefficient (Wildman–Crippen LogP) is 13.6. The molecule has 0 amide bonds. The summed E-state index contributed by atoms with van der Waals surface area (Å²) in [6, 6.07) is 67.0. The van der Waals surface area contributed by atoms with Crippen LogP contribution < -0.4 is 0 Å². The summed E-state index contributed by atoms with van der Waals surface area (Å²) in [5.41, 5.74) is 7.58. The predicted molar refractivity (Wildman–Crippen MR) is 208 cm³/mol. The highest BCUT2D eigenvalue weighted by molar-refractivity contribution is 6.26. The molecule has 0 spiro atoms. The number of hydrogen-bond donors (Lipinski definition) is 0. The minimum Gasteiger partial charge on any atom is -0.0616 e. The van der Waals surface area contributed by atoms with Gasteiger partial charge in [-0.3, -0.25) is 0 Å². The van der Waals surface area contributed by atoms with Gasteiger partial charge in [-0.1, -0.05) is 176 Å². The maximum atomic E-state index is 2.35. The first-order valence-corrected chi connectivity index (χ1v) is 16.7. The van der Waals surface area contributed by atoms with Gasteiger partial charge in [-0.2, -0.15) is 0 Å². The van der Waals surface area contributed by atoms with Crippen LogP contribution in [0.2, 0.25) is 0 Å². The minimum atomic E-state index is 1.23. The van der Waals surface area contributed by atoms with Crippen LogP contribution in [0.4, 0.5) is 0 Å². The number of hydrogen-bond acceptors (Lipinski definition) is 0. The number of rotatable bonds is 3. The number of fused-ring (bicyclic) bond motifs is 8. The average molecular weight is 607 g/mol. The molecule has 0 unspecified atom stereocenters. The van der Waals surface area contributed by atoms with Crippen molar-refractivity contribution in [2.24, 2.45) is 0 Å². The van der Waals surface area contributed by atoms with Crippen LogP contribution in [0.25, 0.3) is 98.0 Å². The summed E-state index contributed by atoms with van der Waals surface area (Å²) in [5, 5.41) is 15.4. The summed E-state index contributed by atoms with van der Waals surface area (Å²) in [6.45, 7) is 0. The van der Waals surface area contributed by atoms with E-state index in [0.29, 0.717) is 0 Å². The molecule has 10 aromatic rings. The molecule has 0 atom stereocenters. The highest BCUT2D eigenvalue weighted by atomic mass is 14.2. The van der Waals surface area contributed by atoms with Crippen molar-refractivity contribution in [1.82, 2.24) is 0 Å². The second kappa shape index (κ2) is 10.7. The van der Waals surface area contributed by atoms with Gasteiger partial charge in [-0.15, -0.1) is 0 Å². The molecule has 0 nitrogen and oxygen atoms in total. The Bertz CT molecular complexity index is 2820.